The van der Waals surface area contributed by atoms with Crippen molar-refractivity contribution in [2.45, 2.75) is 39.2 Å². The second kappa shape index (κ2) is 10.0. The van der Waals surface area contributed by atoms with Crippen molar-refractivity contribution in [3.8, 4) is 11.3 Å². The average Bonchev–Trinajstić information content (AvgIpc) is 3.51. The standard InChI is InChI=1S/C29H31FN4O/c1-20-10-13-27-32-29(23-11-12-24(30)21(2)16-23)25(34(27)19-20)17-28(35)31-18-26(33-14-6-7-15-33)22-8-4-3-5-9-22/h3-5,8-13,16,19,26H,6-7,14-15,17-18H2,1-2H3,(H,31,35). The number of pyridine rings is 1. The third-order valence-electron chi connectivity index (χ3n) is 6.88. The first kappa shape index (κ1) is 23.2. The van der Waals surface area contributed by atoms with Gasteiger partial charge in [-0.1, -0.05) is 36.4 Å². The number of rotatable bonds is 7. The molecule has 1 N–H and O–H groups in total. The van der Waals surface area contributed by atoms with Crippen LogP contribution in [0.2, 0.25) is 0 Å². The maximum absolute atomic E-state index is 13.9. The fourth-order valence-corrected chi connectivity index (χ4v) is 5.00. The van der Waals surface area contributed by atoms with Gasteiger partial charge in [0.15, 0.2) is 0 Å². The maximum Gasteiger partial charge on any atom is 0.226 e. The molecule has 180 valence electrons. The lowest BCUT2D eigenvalue weighted by atomic mass is 10.0. The number of carbonyl (C=O) groups excluding carboxylic acids is 1. The summed E-state index contributed by atoms with van der Waals surface area (Å²) in [4.78, 5) is 20.5. The predicted octanol–water partition coefficient (Wildman–Crippen LogP) is 5.25. The number of halogens is 1. The van der Waals surface area contributed by atoms with Crippen LogP contribution in [0, 0.1) is 19.7 Å². The Hall–Kier alpha value is -3.51. The highest BCUT2D eigenvalue weighted by atomic mass is 19.1. The van der Waals surface area contributed by atoms with Gasteiger partial charge in [-0.2, -0.15) is 0 Å². The zero-order chi connectivity index (χ0) is 24.4. The van der Waals surface area contributed by atoms with Gasteiger partial charge in [0.25, 0.3) is 0 Å². The topological polar surface area (TPSA) is 49.6 Å². The van der Waals surface area contributed by atoms with Crippen molar-refractivity contribution in [2.75, 3.05) is 19.6 Å². The fourth-order valence-electron chi connectivity index (χ4n) is 5.00. The summed E-state index contributed by atoms with van der Waals surface area (Å²) >= 11 is 0. The summed E-state index contributed by atoms with van der Waals surface area (Å²) in [5.74, 6) is -0.296. The minimum atomic E-state index is -0.249. The van der Waals surface area contributed by atoms with Gasteiger partial charge >= 0.3 is 0 Å². The van der Waals surface area contributed by atoms with E-state index in [0.29, 0.717) is 17.8 Å². The van der Waals surface area contributed by atoms with Crippen LogP contribution in [0.15, 0.2) is 66.9 Å². The van der Waals surface area contributed by atoms with Gasteiger partial charge in [0, 0.05) is 18.3 Å². The molecule has 5 nitrogen and oxygen atoms in total. The Morgan fingerprint density at radius 2 is 1.83 bits per heavy atom. The van der Waals surface area contributed by atoms with Gasteiger partial charge < -0.3 is 9.72 Å². The number of fused-ring (bicyclic) bond motifs is 1. The number of hydrogen-bond acceptors (Lipinski definition) is 3. The van der Waals surface area contributed by atoms with Crippen LogP contribution >= 0.6 is 0 Å². The number of nitrogens with one attached hydrogen (secondary N) is 1. The molecule has 0 spiro atoms. The van der Waals surface area contributed by atoms with Gasteiger partial charge in [-0.15, -0.1) is 0 Å². The van der Waals surface area contributed by atoms with Crippen molar-refractivity contribution in [1.82, 2.24) is 19.6 Å². The molecule has 35 heavy (non-hydrogen) atoms. The second-order valence-corrected chi connectivity index (χ2v) is 9.46. The lowest BCUT2D eigenvalue weighted by Gasteiger charge is -2.28. The van der Waals surface area contributed by atoms with Crippen LogP contribution in [0.1, 0.15) is 41.3 Å². The summed E-state index contributed by atoms with van der Waals surface area (Å²) < 4.78 is 15.9. The third kappa shape index (κ3) is 4.98. The van der Waals surface area contributed by atoms with Crippen LogP contribution in [0.25, 0.3) is 16.9 Å². The number of aryl methyl sites for hydroxylation is 2. The third-order valence-corrected chi connectivity index (χ3v) is 6.88. The maximum atomic E-state index is 13.9. The molecule has 4 aromatic rings. The minimum absolute atomic E-state index is 0.0477. The van der Waals surface area contributed by atoms with E-state index in [4.69, 9.17) is 4.98 Å². The van der Waals surface area contributed by atoms with Crippen molar-refractivity contribution in [1.29, 1.82) is 0 Å². The van der Waals surface area contributed by atoms with Crippen molar-refractivity contribution < 1.29 is 9.18 Å². The SMILES string of the molecule is Cc1ccc2nc(-c3ccc(F)c(C)c3)c(CC(=O)NCC(c3ccccc3)N3CCCC3)n2c1. The van der Waals surface area contributed by atoms with E-state index >= 15 is 0 Å². The van der Waals surface area contributed by atoms with E-state index in [9.17, 15) is 9.18 Å². The van der Waals surface area contributed by atoms with E-state index in [0.717, 1.165) is 35.6 Å². The molecular formula is C29H31FN4O. The van der Waals surface area contributed by atoms with Gasteiger partial charge in [-0.25, -0.2) is 9.37 Å². The Morgan fingerprint density at radius 3 is 2.57 bits per heavy atom. The summed E-state index contributed by atoms with van der Waals surface area (Å²) in [6.45, 7) is 6.43. The van der Waals surface area contributed by atoms with Gasteiger partial charge in [-0.3, -0.25) is 9.69 Å². The average molecular weight is 471 g/mol. The Morgan fingerprint density at radius 1 is 1.06 bits per heavy atom. The Kier molecular flexibility index (Phi) is 6.64. The minimum Gasteiger partial charge on any atom is -0.354 e. The number of amides is 1. The Balaban J connectivity index is 1.41. The highest BCUT2D eigenvalue weighted by Crippen LogP contribution is 2.28. The summed E-state index contributed by atoms with van der Waals surface area (Å²) in [6.07, 6.45) is 4.58. The highest BCUT2D eigenvalue weighted by molar-refractivity contribution is 5.81. The van der Waals surface area contributed by atoms with Gasteiger partial charge in [-0.05, 0) is 80.7 Å². The molecule has 5 rings (SSSR count). The summed E-state index contributed by atoms with van der Waals surface area (Å²) in [7, 11) is 0. The van der Waals surface area contributed by atoms with Crippen molar-refractivity contribution in [3.63, 3.8) is 0 Å². The summed E-state index contributed by atoms with van der Waals surface area (Å²) in [5.41, 5.74) is 5.97. The van der Waals surface area contributed by atoms with Crippen LogP contribution in [-0.4, -0.2) is 39.8 Å². The van der Waals surface area contributed by atoms with Crippen LogP contribution in [0.4, 0.5) is 4.39 Å². The van der Waals surface area contributed by atoms with E-state index < -0.39 is 0 Å². The Labute approximate surface area is 205 Å². The molecule has 1 atom stereocenters. The van der Waals surface area contributed by atoms with Gasteiger partial charge in [0.05, 0.1) is 23.9 Å². The number of benzene rings is 2. The molecule has 0 radical (unpaired) electrons. The van der Waals surface area contributed by atoms with Crippen LogP contribution in [-0.2, 0) is 11.2 Å². The van der Waals surface area contributed by atoms with Crippen molar-refractivity contribution in [3.05, 3.63) is 95.1 Å². The lowest BCUT2D eigenvalue weighted by molar-refractivity contribution is -0.120. The number of carbonyl (C=O) groups is 1. The first-order valence-electron chi connectivity index (χ1n) is 12.3. The smallest absolute Gasteiger partial charge is 0.226 e. The van der Waals surface area contributed by atoms with Gasteiger partial charge in [0.1, 0.15) is 11.5 Å². The molecule has 2 aromatic heterocycles. The molecule has 3 heterocycles. The molecule has 1 saturated heterocycles. The van der Waals surface area contributed by atoms with E-state index in [-0.39, 0.29) is 24.2 Å². The predicted molar refractivity (Wildman–Crippen MR) is 137 cm³/mol. The first-order valence-corrected chi connectivity index (χ1v) is 12.3. The molecule has 0 saturated carbocycles. The van der Waals surface area contributed by atoms with Gasteiger partial charge in [0.2, 0.25) is 5.91 Å². The molecule has 0 aliphatic carbocycles. The number of nitrogens with zero attached hydrogens (tertiary/aromatic N) is 3. The monoisotopic (exact) mass is 470 g/mol. The zero-order valence-corrected chi connectivity index (χ0v) is 20.3. The molecular weight excluding hydrogens is 439 g/mol. The van der Waals surface area contributed by atoms with Crippen LogP contribution < -0.4 is 5.32 Å². The van der Waals surface area contributed by atoms with E-state index in [1.807, 2.05) is 35.7 Å². The van der Waals surface area contributed by atoms with Crippen molar-refractivity contribution in [2.24, 2.45) is 0 Å². The highest BCUT2D eigenvalue weighted by Gasteiger charge is 2.24. The molecule has 1 amide bonds. The largest absolute Gasteiger partial charge is 0.354 e. The molecule has 0 bridgehead atoms. The molecule has 1 aliphatic heterocycles. The number of likely N-dealkylation sites (tertiary alicyclic amines) is 1. The van der Waals surface area contributed by atoms with Crippen molar-refractivity contribution >= 4 is 11.6 Å². The molecule has 2 aromatic carbocycles. The number of imidazole rings is 1. The fraction of sp³-hybridized carbons (Fsp3) is 0.310. The first-order chi connectivity index (χ1) is 17.0. The second-order valence-electron chi connectivity index (χ2n) is 9.46. The normalized spacial score (nSPS) is 14.9. The van der Waals surface area contributed by atoms with E-state index in [2.05, 4.69) is 34.5 Å². The quantitative estimate of drug-likeness (QED) is 0.401. The van der Waals surface area contributed by atoms with E-state index in [1.165, 1.54) is 24.5 Å². The Bertz CT molecular complexity index is 1340. The molecule has 1 aliphatic rings. The number of aromatic nitrogens is 2. The van der Waals surface area contributed by atoms with E-state index in [1.54, 1.807) is 19.1 Å². The summed E-state index contributed by atoms with van der Waals surface area (Å²) in [5, 5.41) is 3.19. The molecule has 6 heteroatoms. The van der Waals surface area contributed by atoms with Crippen LogP contribution in [0.5, 0.6) is 0 Å². The van der Waals surface area contributed by atoms with Crippen LogP contribution in [0.3, 0.4) is 0 Å². The zero-order valence-electron chi connectivity index (χ0n) is 20.3. The molecule has 1 unspecified atom stereocenters. The lowest BCUT2D eigenvalue weighted by Crippen LogP contribution is -2.37. The number of hydrogen-bond donors (Lipinski definition) is 1. The summed E-state index contributed by atoms with van der Waals surface area (Å²) in [6, 6.07) is 19.5. The molecule has 1 fully saturated rings.